The van der Waals surface area contributed by atoms with Crippen LogP contribution in [0.1, 0.15) is 22.8 Å². The summed E-state index contributed by atoms with van der Waals surface area (Å²) in [4.78, 5) is 21.9. The number of thioether (sulfide) groups is 1. The van der Waals surface area contributed by atoms with Gasteiger partial charge in [-0.3, -0.25) is 4.79 Å². The first-order chi connectivity index (χ1) is 8.91. The van der Waals surface area contributed by atoms with Gasteiger partial charge >= 0.3 is 5.97 Å². The van der Waals surface area contributed by atoms with Gasteiger partial charge in [-0.1, -0.05) is 12.6 Å². The molecule has 5 heteroatoms. The molecule has 0 heterocycles. The fourth-order valence-corrected chi connectivity index (χ4v) is 2.13. The van der Waals surface area contributed by atoms with Gasteiger partial charge in [0.2, 0.25) is 0 Å². The number of rotatable bonds is 6. The molecule has 0 atom stereocenters. The summed E-state index contributed by atoms with van der Waals surface area (Å²) in [7, 11) is 0. The van der Waals surface area contributed by atoms with Crippen molar-refractivity contribution in [3.05, 3.63) is 58.8 Å². The second-order valence-electron chi connectivity index (χ2n) is 3.80. The van der Waals surface area contributed by atoms with Gasteiger partial charge in [-0.25, -0.2) is 9.18 Å². The first-order valence-electron chi connectivity index (χ1n) is 5.41. The summed E-state index contributed by atoms with van der Waals surface area (Å²) >= 11 is 1.31. The van der Waals surface area contributed by atoms with Crippen molar-refractivity contribution in [1.29, 1.82) is 0 Å². The van der Waals surface area contributed by atoms with Gasteiger partial charge in [-0.15, -0.1) is 11.8 Å². The summed E-state index contributed by atoms with van der Waals surface area (Å²) in [5, 5.41) is 10.2. The lowest BCUT2D eigenvalue weighted by molar-refractivity contribution is -0.132. The molecule has 0 amide bonds. The van der Waals surface area contributed by atoms with E-state index in [1.54, 1.807) is 11.5 Å². The molecule has 0 aliphatic heterocycles. The van der Waals surface area contributed by atoms with Crippen molar-refractivity contribution < 1.29 is 19.1 Å². The van der Waals surface area contributed by atoms with E-state index in [2.05, 4.69) is 6.58 Å². The van der Waals surface area contributed by atoms with E-state index in [-0.39, 0.29) is 11.4 Å². The Kier molecular flexibility index (Phi) is 5.51. The Morgan fingerprint density at radius 3 is 2.74 bits per heavy atom. The molecular weight excluding hydrogens is 267 g/mol. The fraction of sp³-hybridized carbons (Fsp3) is 0.143. The van der Waals surface area contributed by atoms with Crippen LogP contribution < -0.4 is 0 Å². The van der Waals surface area contributed by atoms with Crippen LogP contribution in [0.3, 0.4) is 0 Å². The van der Waals surface area contributed by atoms with Crippen LogP contribution in [-0.4, -0.2) is 16.9 Å². The van der Waals surface area contributed by atoms with Crippen LogP contribution in [0.4, 0.5) is 4.39 Å². The molecule has 0 spiro atoms. The SMILES string of the molecule is C=C(/C=C\SCc1ccc(F)cc1C(C)=O)C(=O)O. The van der Waals surface area contributed by atoms with E-state index in [4.69, 9.17) is 5.11 Å². The maximum absolute atomic E-state index is 13.0. The highest BCUT2D eigenvalue weighted by Gasteiger charge is 2.08. The van der Waals surface area contributed by atoms with E-state index in [0.717, 1.165) is 0 Å². The van der Waals surface area contributed by atoms with E-state index >= 15 is 0 Å². The Balaban J connectivity index is 2.71. The molecule has 0 aliphatic carbocycles. The van der Waals surface area contributed by atoms with Crippen LogP contribution in [-0.2, 0) is 10.5 Å². The van der Waals surface area contributed by atoms with Crippen molar-refractivity contribution in [3.63, 3.8) is 0 Å². The van der Waals surface area contributed by atoms with Crippen LogP contribution in [0, 0.1) is 5.82 Å². The Labute approximate surface area is 114 Å². The number of Topliss-reactive ketones (excluding diaryl/α,β-unsaturated/α-hetero) is 1. The quantitative estimate of drug-likeness (QED) is 0.493. The number of carbonyl (C=O) groups is 2. The van der Waals surface area contributed by atoms with Crippen molar-refractivity contribution in [2.24, 2.45) is 0 Å². The molecule has 0 unspecified atom stereocenters. The molecule has 0 saturated carbocycles. The highest BCUT2D eigenvalue weighted by molar-refractivity contribution is 8.01. The van der Waals surface area contributed by atoms with Crippen molar-refractivity contribution in [1.82, 2.24) is 0 Å². The summed E-state index contributed by atoms with van der Waals surface area (Å²) in [6.45, 7) is 4.73. The molecule has 0 aliphatic rings. The average molecular weight is 280 g/mol. The van der Waals surface area contributed by atoms with Crippen LogP contribution in [0.25, 0.3) is 0 Å². The number of benzene rings is 1. The third-order valence-corrected chi connectivity index (χ3v) is 3.14. The second kappa shape index (κ2) is 6.89. The number of hydrogen-bond donors (Lipinski definition) is 1. The fourth-order valence-electron chi connectivity index (χ4n) is 1.34. The molecule has 0 saturated heterocycles. The molecular formula is C14H13FO3S. The molecule has 0 radical (unpaired) electrons. The standard InChI is InChI=1S/C14H13FO3S/c1-9(14(17)18)5-6-19-8-11-3-4-12(15)7-13(11)10(2)16/h3-7H,1,8H2,2H3,(H,17,18)/b6-5-. The average Bonchev–Trinajstić information content (AvgIpc) is 2.35. The van der Waals surface area contributed by atoms with Crippen LogP contribution in [0.5, 0.6) is 0 Å². The zero-order chi connectivity index (χ0) is 14.4. The number of aliphatic carboxylic acids is 1. The molecule has 1 rings (SSSR count). The van der Waals surface area contributed by atoms with Gasteiger partial charge in [0.25, 0.3) is 0 Å². The second-order valence-corrected chi connectivity index (χ2v) is 4.70. The first-order valence-corrected chi connectivity index (χ1v) is 6.46. The normalized spacial score (nSPS) is 10.6. The van der Waals surface area contributed by atoms with Crippen molar-refractivity contribution in [2.45, 2.75) is 12.7 Å². The maximum atomic E-state index is 13.0. The number of ketones is 1. The largest absolute Gasteiger partial charge is 0.478 e. The minimum Gasteiger partial charge on any atom is -0.478 e. The summed E-state index contributed by atoms with van der Waals surface area (Å²) < 4.78 is 13.0. The van der Waals surface area contributed by atoms with Gasteiger partial charge in [0, 0.05) is 11.3 Å². The number of carbonyl (C=O) groups excluding carboxylic acids is 1. The van der Waals surface area contributed by atoms with Crippen molar-refractivity contribution in [3.8, 4) is 0 Å². The predicted octanol–water partition coefficient (Wildman–Crippen LogP) is 3.42. The lowest BCUT2D eigenvalue weighted by Gasteiger charge is -2.05. The van der Waals surface area contributed by atoms with Crippen LogP contribution in [0.15, 0.2) is 41.8 Å². The van der Waals surface area contributed by atoms with E-state index in [1.807, 2.05) is 0 Å². The molecule has 3 nitrogen and oxygen atoms in total. The highest BCUT2D eigenvalue weighted by Crippen LogP contribution is 2.19. The van der Waals surface area contributed by atoms with Crippen molar-refractivity contribution in [2.75, 3.05) is 0 Å². The number of halogens is 1. The Bertz CT molecular complexity index is 550. The summed E-state index contributed by atoms with van der Waals surface area (Å²) in [5.41, 5.74) is 1.04. The summed E-state index contributed by atoms with van der Waals surface area (Å²) in [6, 6.07) is 4.05. The highest BCUT2D eigenvalue weighted by atomic mass is 32.2. The molecule has 19 heavy (non-hydrogen) atoms. The lowest BCUT2D eigenvalue weighted by atomic mass is 10.1. The smallest absolute Gasteiger partial charge is 0.335 e. The van der Waals surface area contributed by atoms with E-state index in [1.165, 1.54) is 36.9 Å². The Hall–Kier alpha value is -1.88. The Morgan fingerprint density at radius 2 is 2.16 bits per heavy atom. The third kappa shape index (κ3) is 4.71. The molecule has 1 aromatic carbocycles. The van der Waals surface area contributed by atoms with Gasteiger partial charge in [0.1, 0.15) is 5.82 Å². The number of carboxylic acid groups (broad SMARTS) is 1. The van der Waals surface area contributed by atoms with E-state index < -0.39 is 11.8 Å². The Morgan fingerprint density at radius 1 is 1.47 bits per heavy atom. The first kappa shape index (κ1) is 15.2. The third-order valence-electron chi connectivity index (χ3n) is 2.33. The van der Waals surface area contributed by atoms with Gasteiger partial charge in [-0.05, 0) is 36.1 Å². The number of carboxylic acids is 1. The van der Waals surface area contributed by atoms with Gasteiger partial charge in [0.15, 0.2) is 5.78 Å². The molecule has 1 N–H and O–H groups in total. The number of hydrogen-bond acceptors (Lipinski definition) is 3. The van der Waals surface area contributed by atoms with Crippen LogP contribution >= 0.6 is 11.8 Å². The zero-order valence-electron chi connectivity index (χ0n) is 10.4. The summed E-state index contributed by atoms with van der Waals surface area (Å²) in [6.07, 6.45) is 1.38. The monoisotopic (exact) mass is 280 g/mol. The summed E-state index contributed by atoms with van der Waals surface area (Å²) in [5.74, 6) is -1.27. The van der Waals surface area contributed by atoms with E-state index in [9.17, 15) is 14.0 Å². The lowest BCUT2D eigenvalue weighted by Crippen LogP contribution is -1.99. The van der Waals surface area contributed by atoms with Gasteiger partial charge < -0.3 is 5.11 Å². The molecule has 1 aromatic rings. The predicted molar refractivity (Wildman–Crippen MR) is 73.6 cm³/mol. The maximum Gasteiger partial charge on any atom is 0.335 e. The molecule has 100 valence electrons. The van der Waals surface area contributed by atoms with Crippen molar-refractivity contribution >= 4 is 23.5 Å². The van der Waals surface area contributed by atoms with Crippen LogP contribution in [0.2, 0.25) is 0 Å². The minimum atomic E-state index is -1.08. The molecule has 0 bridgehead atoms. The zero-order valence-corrected chi connectivity index (χ0v) is 11.2. The minimum absolute atomic E-state index is 0.0154. The molecule has 0 fully saturated rings. The van der Waals surface area contributed by atoms with Gasteiger partial charge in [0.05, 0.1) is 5.57 Å². The molecule has 0 aromatic heterocycles. The van der Waals surface area contributed by atoms with Gasteiger partial charge in [-0.2, -0.15) is 0 Å². The topological polar surface area (TPSA) is 54.4 Å². The van der Waals surface area contributed by atoms with E-state index in [0.29, 0.717) is 16.9 Å².